The number of anilines is 5. The van der Waals surface area contributed by atoms with Crippen LogP contribution >= 0.6 is 0 Å². The summed E-state index contributed by atoms with van der Waals surface area (Å²) in [5, 5.41) is 7.72. The van der Waals surface area contributed by atoms with Gasteiger partial charge in [0.25, 0.3) is 0 Å². The third kappa shape index (κ3) is 6.91. The molecule has 1 amide bonds. The van der Waals surface area contributed by atoms with Crippen LogP contribution in [0.3, 0.4) is 0 Å². The van der Waals surface area contributed by atoms with E-state index >= 15 is 0 Å². The Bertz CT molecular complexity index is 1560. The SMILES string of the molecule is C=CC(=O)Nc1cc(Nc2cc(N3OCC[C@@H]3c3cc(F)ccc3F)ncn2)c(OC)cc1N1CCC(N2CCN(C)CC2)CC1. The number of aromatic nitrogens is 2. The first-order valence-corrected chi connectivity index (χ1v) is 15.6. The van der Waals surface area contributed by atoms with E-state index in [1.165, 1.54) is 23.5 Å². The number of hydrogen-bond donors (Lipinski definition) is 2. The Labute approximate surface area is 267 Å². The lowest BCUT2D eigenvalue weighted by Gasteiger charge is -2.43. The zero-order valence-electron chi connectivity index (χ0n) is 26.2. The van der Waals surface area contributed by atoms with Crippen LogP contribution in [0.15, 0.2) is 55.4 Å². The number of piperazine rings is 1. The number of ether oxygens (including phenoxy) is 1. The maximum absolute atomic E-state index is 14.6. The number of hydroxylamine groups is 1. The molecule has 0 bridgehead atoms. The lowest BCUT2D eigenvalue weighted by atomic mass is 10.0. The second-order valence-electron chi connectivity index (χ2n) is 11.8. The number of nitrogens with zero attached hydrogens (tertiary/aromatic N) is 6. The van der Waals surface area contributed by atoms with E-state index in [1.54, 1.807) is 13.2 Å². The van der Waals surface area contributed by atoms with Gasteiger partial charge in [0.05, 0.1) is 36.8 Å². The van der Waals surface area contributed by atoms with Crippen molar-refractivity contribution in [2.24, 2.45) is 0 Å². The molecule has 4 heterocycles. The molecule has 0 unspecified atom stereocenters. The minimum atomic E-state index is -0.562. The summed E-state index contributed by atoms with van der Waals surface area (Å²) in [4.78, 5) is 34.3. The van der Waals surface area contributed by atoms with Crippen molar-refractivity contribution in [3.63, 3.8) is 0 Å². The zero-order valence-corrected chi connectivity index (χ0v) is 26.2. The molecule has 6 rings (SSSR count). The number of benzene rings is 2. The molecule has 0 spiro atoms. The highest BCUT2D eigenvalue weighted by Gasteiger charge is 2.32. The van der Waals surface area contributed by atoms with Crippen molar-refractivity contribution in [1.29, 1.82) is 0 Å². The van der Waals surface area contributed by atoms with Gasteiger partial charge in [-0.15, -0.1) is 0 Å². The first-order chi connectivity index (χ1) is 22.3. The molecule has 3 fully saturated rings. The first kappa shape index (κ1) is 31.6. The van der Waals surface area contributed by atoms with Gasteiger partial charge in [0.2, 0.25) is 5.91 Å². The van der Waals surface area contributed by atoms with Crippen LogP contribution in [0.25, 0.3) is 0 Å². The second kappa shape index (κ2) is 14.0. The highest BCUT2D eigenvalue weighted by Crippen LogP contribution is 2.41. The number of rotatable bonds is 9. The number of hydrogen-bond acceptors (Lipinski definition) is 10. The highest BCUT2D eigenvalue weighted by molar-refractivity contribution is 6.02. The fourth-order valence-electron chi connectivity index (χ4n) is 6.46. The van der Waals surface area contributed by atoms with Crippen molar-refractivity contribution in [3.8, 4) is 5.75 Å². The summed E-state index contributed by atoms with van der Waals surface area (Å²) in [7, 11) is 3.76. The van der Waals surface area contributed by atoms with Gasteiger partial charge in [0.15, 0.2) is 5.82 Å². The van der Waals surface area contributed by atoms with Crippen molar-refractivity contribution in [2.45, 2.75) is 31.3 Å². The molecule has 3 aliphatic heterocycles. The van der Waals surface area contributed by atoms with Crippen LogP contribution in [-0.2, 0) is 9.63 Å². The number of methoxy groups -OCH3 is 1. The van der Waals surface area contributed by atoms with Crippen LogP contribution in [0.2, 0.25) is 0 Å². The number of carbonyl (C=O) groups is 1. The standard InChI is InChI=1S/C33H40F2N8O3/c1-4-33(44)39-26-18-27(30(45-3)19-29(26)42-10-7-23(8-11-42)41-14-12-40(2)13-15-41)38-31-20-32(37-21-36-31)43-28(9-16-46-43)24-17-22(34)5-6-25(24)35/h4-6,17-21,23,28H,1,7-16H2,2-3H3,(H,39,44)(H,36,37,38)/t28-/m1/s1. The Morgan fingerprint density at radius 1 is 1.02 bits per heavy atom. The van der Waals surface area contributed by atoms with E-state index in [9.17, 15) is 13.6 Å². The summed E-state index contributed by atoms with van der Waals surface area (Å²) >= 11 is 0. The maximum Gasteiger partial charge on any atom is 0.247 e. The fourth-order valence-corrected chi connectivity index (χ4v) is 6.46. The minimum Gasteiger partial charge on any atom is -0.494 e. The molecule has 3 saturated heterocycles. The number of likely N-dealkylation sites (N-methyl/N-ethyl adjacent to an activating group) is 1. The van der Waals surface area contributed by atoms with Gasteiger partial charge in [0.1, 0.15) is 29.5 Å². The van der Waals surface area contributed by atoms with Gasteiger partial charge < -0.3 is 25.2 Å². The Morgan fingerprint density at radius 2 is 1.80 bits per heavy atom. The van der Waals surface area contributed by atoms with Gasteiger partial charge >= 0.3 is 0 Å². The van der Waals surface area contributed by atoms with Gasteiger partial charge in [-0.2, -0.15) is 0 Å². The molecule has 1 atom stereocenters. The lowest BCUT2D eigenvalue weighted by Crippen LogP contribution is -2.52. The zero-order chi connectivity index (χ0) is 32.2. The molecule has 46 heavy (non-hydrogen) atoms. The van der Waals surface area contributed by atoms with Gasteiger partial charge in [-0.05, 0) is 50.2 Å². The largest absolute Gasteiger partial charge is 0.494 e. The van der Waals surface area contributed by atoms with Gasteiger partial charge in [0, 0.05) is 69.4 Å². The molecule has 0 radical (unpaired) electrons. The normalized spacial score (nSPS) is 19.7. The summed E-state index contributed by atoms with van der Waals surface area (Å²) in [5.41, 5.74) is 2.24. The molecule has 0 aliphatic carbocycles. The van der Waals surface area contributed by atoms with Gasteiger partial charge in [-0.1, -0.05) is 6.58 Å². The van der Waals surface area contributed by atoms with Crippen LogP contribution in [-0.4, -0.2) is 91.7 Å². The molecule has 1 aromatic heterocycles. The van der Waals surface area contributed by atoms with Gasteiger partial charge in [-0.3, -0.25) is 14.5 Å². The van der Waals surface area contributed by atoms with Crippen molar-refractivity contribution in [2.75, 3.05) is 80.6 Å². The molecule has 13 heteroatoms. The number of amides is 1. The summed E-state index contributed by atoms with van der Waals surface area (Å²) < 4.78 is 34.4. The van der Waals surface area contributed by atoms with Gasteiger partial charge in [-0.25, -0.2) is 23.8 Å². The van der Waals surface area contributed by atoms with E-state index in [1.807, 2.05) is 12.1 Å². The van der Waals surface area contributed by atoms with E-state index in [4.69, 9.17) is 9.57 Å². The van der Waals surface area contributed by atoms with Crippen molar-refractivity contribution in [3.05, 3.63) is 72.6 Å². The average molecular weight is 635 g/mol. The number of nitrogens with one attached hydrogen (secondary N) is 2. The lowest BCUT2D eigenvalue weighted by molar-refractivity contribution is -0.111. The predicted molar refractivity (Wildman–Crippen MR) is 174 cm³/mol. The van der Waals surface area contributed by atoms with Crippen LogP contribution < -0.4 is 25.3 Å². The molecule has 0 saturated carbocycles. The Hall–Kier alpha value is -4.33. The van der Waals surface area contributed by atoms with Crippen molar-refractivity contribution < 1.29 is 23.1 Å². The molecule has 244 valence electrons. The van der Waals surface area contributed by atoms with E-state index in [2.05, 4.69) is 48.9 Å². The molecule has 2 N–H and O–H groups in total. The summed E-state index contributed by atoms with van der Waals surface area (Å²) in [6.45, 7) is 10.0. The topological polar surface area (TPSA) is 98.3 Å². The molecule has 11 nitrogen and oxygen atoms in total. The van der Waals surface area contributed by atoms with E-state index in [-0.39, 0.29) is 11.5 Å². The minimum absolute atomic E-state index is 0.193. The smallest absolute Gasteiger partial charge is 0.247 e. The third-order valence-electron chi connectivity index (χ3n) is 8.98. The summed E-state index contributed by atoms with van der Waals surface area (Å²) in [6.07, 6.45) is 5.13. The molecule has 3 aliphatic rings. The van der Waals surface area contributed by atoms with E-state index in [0.717, 1.165) is 69.9 Å². The molecular formula is C33H40F2N8O3. The summed E-state index contributed by atoms with van der Waals surface area (Å²) in [6, 6.07) is 8.77. The number of carbonyl (C=O) groups excluding carboxylic acids is 1. The molecule has 2 aromatic carbocycles. The molecule has 3 aromatic rings. The van der Waals surface area contributed by atoms with E-state index in [0.29, 0.717) is 47.8 Å². The van der Waals surface area contributed by atoms with Crippen LogP contribution in [0.5, 0.6) is 5.75 Å². The van der Waals surface area contributed by atoms with Crippen molar-refractivity contribution >= 4 is 34.6 Å². The summed E-state index contributed by atoms with van der Waals surface area (Å²) in [5.74, 6) is -0.0121. The van der Waals surface area contributed by atoms with Crippen LogP contribution in [0, 0.1) is 11.6 Å². The van der Waals surface area contributed by atoms with Crippen molar-refractivity contribution in [1.82, 2.24) is 19.8 Å². The average Bonchev–Trinajstić information content (AvgIpc) is 3.56. The fraction of sp³-hybridized carbons (Fsp3) is 0.424. The molecular weight excluding hydrogens is 594 g/mol. The Kier molecular flexibility index (Phi) is 9.61. The first-order valence-electron chi connectivity index (χ1n) is 15.6. The Morgan fingerprint density at radius 3 is 2.54 bits per heavy atom. The predicted octanol–water partition coefficient (Wildman–Crippen LogP) is 4.73. The third-order valence-corrected chi connectivity index (χ3v) is 8.98. The monoisotopic (exact) mass is 634 g/mol. The maximum atomic E-state index is 14.6. The second-order valence-corrected chi connectivity index (χ2v) is 11.8. The van der Waals surface area contributed by atoms with Crippen LogP contribution in [0.4, 0.5) is 37.5 Å². The highest BCUT2D eigenvalue weighted by atomic mass is 19.1. The number of piperidine rings is 1. The Balaban J connectivity index is 1.23. The van der Waals surface area contributed by atoms with E-state index < -0.39 is 17.7 Å². The van der Waals surface area contributed by atoms with Crippen LogP contribution in [0.1, 0.15) is 30.9 Å². The number of halogens is 2. The quantitative estimate of drug-likeness (QED) is 0.322.